The molecule has 1 nitrogen and oxygen atoms in total. The number of hydrogen-bond donors (Lipinski definition) is 0. The van der Waals surface area contributed by atoms with Gasteiger partial charge in [-0.2, -0.15) is 0 Å². The van der Waals surface area contributed by atoms with Crippen molar-refractivity contribution >= 4 is 10.9 Å². The summed E-state index contributed by atoms with van der Waals surface area (Å²) in [6, 6.07) is 6.53. The minimum atomic E-state index is 0.463. The van der Waals surface area contributed by atoms with Crippen LogP contribution >= 0.6 is 0 Å². The van der Waals surface area contributed by atoms with Gasteiger partial charge >= 0.3 is 0 Å². The van der Waals surface area contributed by atoms with Crippen LogP contribution in [-0.4, -0.2) is 18.6 Å². The average Bonchev–Trinajstić information content (AvgIpc) is 2.70. The first kappa shape index (κ1) is 9.91. The van der Waals surface area contributed by atoms with Crippen LogP contribution in [-0.2, 0) is 10.9 Å². The predicted molar refractivity (Wildman–Crippen MR) is 62.3 cm³/mol. The smallest absolute Gasteiger partial charge is 0.197 e. The first-order valence-corrected chi connectivity index (χ1v) is 6.69. The molecular weight excluding hydrogens is 192 g/mol. The molecule has 1 aliphatic heterocycles. The maximum atomic E-state index is 5.42. The van der Waals surface area contributed by atoms with Gasteiger partial charge < -0.3 is 4.74 Å². The molecule has 0 aromatic heterocycles. The molecule has 0 amide bonds. The van der Waals surface area contributed by atoms with Crippen LogP contribution in [0.3, 0.4) is 0 Å². The molecule has 2 rings (SSSR count). The first-order valence-electron chi connectivity index (χ1n) is 5.13. The van der Waals surface area contributed by atoms with Gasteiger partial charge in [0.2, 0.25) is 0 Å². The lowest BCUT2D eigenvalue weighted by Crippen LogP contribution is -2.06. The van der Waals surface area contributed by atoms with Gasteiger partial charge in [-0.1, -0.05) is 6.07 Å². The van der Waals surface area contributed by atoms with E-state index < -0.39 is 0 Å². The molecule has 1 aromatic rings. The Morgan fingerprint density at radius 1 is 1.21 bits per heavy atom. The molecule has 0 saturated carbocycles. The van der Waals surface area contributed by atoms with E-state index in [-0.39, 0.29) is 0 Å². The molecule has 76 valence electrons. The molecule has 0 unspecified atom stereocenters. The van der Waals surface area contributed by atoms with Crippen LogP contribution < -0.4 is 4.74 Å². The molecule has 1 aromatic carbocycles. The fourth-order valence-electron chi connectivity index (χ4n) is 1.88. The van der Waals surface area contributed by atoms with E-state index >= 15 is 0 Å². The van der Waals surface area contributed by atoms with Crippen molar-refractivity contribution in [2.24, 2.45) is 0 Å². The van der Waals surface area contributed by atoms with Gasteiger partial charge in [-0.05, 0) is 37.5 Å². The SMILES string of the molecule is COc1ccc(C)cc1[S+]1CCCC1. The highest BCUT2D eigenvalue weighted by Crippen LogP contribution is 2.31. The Kier molecular flexibility index (Phi) is 3.02. The van der Waals surface area contributed by atoms with Crippen LogP contribution in [0.1, 0.15) is 18.4 Å². The minimum Gasteiger partial charge on any atom is -0.492 e. The van der Waals surface area contributed by atoms with Crippen molar-refractivity contribution in [1.29, 1.82) is 0 Å². The van der Waals surface area contributed by atoms with Crippen molar-refractivity contribution < 1.29 is 4.74 Å². The van der Waals surface area contributed by atoms with Crippen molar-refractivity contribution in [3.05, 3.63) is 23.8 Å². The van der Waals surface area contributed by atoms with Gasteiger partial charge in [0.25, 0.3) is 0 Å². The third-order valence-electron chi connectivity index (χ3n) is 2.66. The molecule has 14 heavy (non-hydrogen) atoms. The summed E-state index contributed by atoms with van der Waals surface area (Å²) in [5.74, 6) is 3.81. The third-order valence-corrected chi connectivity index (χ3v) is 5.17. The van der Waals surface area contributed by atoms with Gasteiger partial charge in [-0.25, -0.2) is 0 Å². The largest absolute Gasteiger partial charge is 0.492 e. The molecule has 0 N–H and O–H groups in total. The number of methoxy groups -OCH3 is 1. The number of benzene rings is 1. The van der Waals surface area contributed by atoms with E-state index in [0.29, 0.717) is 10.9 Å². The second-order valence-electron chi connectivity index (χ2n) is 3.76. The third kappa shape index (κ3) is 1.90. The lowest BCUT2D eigenvalue weighted by atomic mass is 10.2. The van der Waals surface area contributed by atoms with Crippen molar-refractivity contribution in [3.8, 4) is 5.75 Å². The fraction of sp³-hybridized carbons (Fsp3) is 0.500. The first-order chi connectivity index (χ1) is 6.81. The van der Waals surface area contributed by atoms with Crippen molar-refractivity contribution in [3.63, 3.8) is 0 Å². The maximum Gasteiger partial charge on any atom is 0.197 e. The Bertz CT molecular complexity index is 316. The van der Waals surface area contributed by atoms with Gasteiger partial charge in [0.15, 0.2) is 10.6 Å². The van der Waals surface area contributed by atoms with E-state index in [1.165, 1.54) is 34.8 Å². The van der Waals surface area contributed by atoms with Gasteiger partial charge in [-0.3, -0.25) is 0 Å². The molecule has 0 aliphatic carbocycles. The average molecular weight is 209 g/mol. The molecule has 1 heterocycles. The highest BCUT2D eigenvalue weighted by molar-refractivity contribution is 7.97. The summed E-state index contributed by atoms with van der Waals surface area (Å²) >= 11 is 0. The van der Waals surface area contributed by atoms with E-state index in [9.17, 15) is 0 Å². The van der Waals surface area contributed by atoms with Crippen LogP contribution in [0.15, 0.2) is 23.1 Å². The van der Waals surface area contributed by atoms with Gasteiger partial charge in [0.05, 0.1) is 7.11 Å². The van der Waals surface area contributed by atoms with E-state index in [4.69, 9.17) is 4.74 Å². The summed E-state index contributed by atoms with van der Waals surface area (Å²) in [6.07, 6.45) is 2.78. The fourth-order valence-corrected chi connectivity index (χ4v) is 4.42. The molecule has 2 heteroatoms. The Balaban J connectivity index is 2.33. The van der Waals surface area contributed by atoms with E-state index in [1.54, 1.807) is 7.11 Å². The minimum absolute atomic E-state index is 0.463. The summed E-state index contributed by atoms with van der Waals surface area (Å²) in [5.41, 5.74) is 1.35. The second kappa shape index (κ2) is 4.26. The summed E-state index contributed by atoms with van der Waals surface area (Å²) in [7, 11) is 2.23. The Hall–Kier alpha value is -0.630. The standard InChI is InChI=1S/C12H17OS/c1-10-5-6-11(13-2)12(9-10)14-7-3-4-8-14/h5-6,9H,3-4,7-8H2,1-2H3/q+1. The molecule has 1 saturated heterocycles. The molecule has 0 atom stereocenters. The molecule has 0 radical (unpaired) electrons. The zero-order valence-corrected chi connectivity index (χ0v) is 9.69. The van der Waals surface area contributed by atoms with Crippen LogP contribution in [0.5, 0.6) is 5.75 Å². The van der Waals surface area contributed by atoms with Crippen LogP contribution in [0.4, 0.5) is 0 Å². The monoisotopic (exact) mass is 209 g/mol. The van der Waals surface area contributed by atoms with Crippen LogP contribution in [0.2, 0.25) is 0 Å². The Morgan fingerprint density at radius 3 is 2.57 bits per heavy atom. The van der Waals surface area contributed by atoms with E-state index in [2.05, 4.69) is 25.1 Å². The lowest BCUT2D eigenvalue weighted by molar-refractivity contribution is 0.404. The summed E-state index contributed by atoms with van der Waals surface area (Å²) in [5, 5.41) is 0. The number of ether oxygens (including phenoxy) is 1. The second-order valence-corrected chi connectivity index (χ2v) is 6.00. The van der Waals surface area contributed by atoms with Gasteiger partial charge in [0.1, 0.15) is 11.5 Å². The lowest BCUT2D eigenvalue weighted by Gasteiger charge is -2.07. The highest BCUT2D eigenvalue weighted by atomic mass is 32.2. The van der Waals surface area contributed by atoms with E-state index in [1.807, 2.05) is 0 Å². The highest BCUT2D eigenvalue weighted by Gasteiger charge is 2.29. The molecule has 1 aliphatic rings. The predicted octanol–water partition coefficient (Wildman–Crippen LogP) is 2.77. The van der Waals surface area contributed by atoms with Gasteiger partial charge in [-0.15, -0.1) is 0 Å². The molecule has 1 fully saturated rings. The normalized spacial score (nSPS) is 17.3. The van der Waals surface area contributed by atoms with Crippen molar-refractivity contribution in [2.75, 3.05) is 18.6 Å². The molecular formula is C12H17OS+. The summed E-state index contributed by atoms with van der Waals surface area (Å²) in [4.78, 5) is 1.45. The number of rotatable bonds is 2. The van der Waals surface area contributed by atoms with Crippen LogP contribution in [0, 0.1) is 6.92 Å². The van der Waals surface area contributed by atoms with Gasteiger partial charge in [0, 0.05) is 10.9 Å². The Morgan fingerprint density at radius 2 is 1.93 bits per heavy atom. The number of hydrogen-bond acceptors (Lipinski definition) is 1. The zero-order chi connectivity index (χ0) is 9.97. The summed E-state index contributed by atoms with van der Waals surface area (Å²) in [6.45, 7) is 2.16. The maximum absolute atomic E-state index is 5.42. The molecule has 0 spiro atoms. The zero-order valence-electron chi connectivity index (χ0n) is 8.88. The Labute approximate surface area is 88.8 Å². The quantitative estimate of drug-likeness (QED) is 0.681. The van der Waals surface area contributed by atoms with Crippen LogP contribution in [0.25, 0.3) is 0 Å². The topological polar surface area (TPSA) is 9.23 Å². The van der Waals surface area contributed by atoms with Crippen molar-refractivity contribution in [2.45, 2.75) is 24.7 Å². The number of aryl methyl sites for hydroxylation is 1. The van der Waals surface area contributed by atoms with Crippen molar-refractivity contribution in [1.82, 2.24) is 0 Å². The molecule has 0 bridgehead atoms. The summed E-state index contributed by atoms with van der Waals surface area (Å²) < 4.78 is 5.42. The van der Waals surface area contributed by atoms with E-state index in [0.717, 1.165) is 5.75 Å².